The van der Waals surface area contributed by atoms with Gasteiger partial charge in [0.2, 0.25) is 0 Å². The van der Waals surface area contributed by atoms with E-state index in [0.29, 0.717) is 12.2 Å². The first kappa shape index (κ1) is 17.5. The van der Waals surface area contributed by atoms with Gasteiger partial charge in [-0.25, -0.2) is 0 Å². The number of amides is 1. The zero-order valence-corrected chi connectivity index (χ0v) is 14.8. The fraction of sp³-hybridized carbons (Fsp3) is 0.143. The molecule has 132 valence electrons. The third-order valence-corrected chi connectivity index (χ3v) is 4.06. The first-order valence-electron chi connectivity index (χ1n) is 8.36. The molecule has 3 aromatic rings. The second kappa shape index (κ2) is 8.16. The highest BCUT2D eigenvalue weighted by atomic mass is 16.5. The van der Waals surface area contributed by atoms with Crippen molar-refractivity contribution in [2.75, 3.05) is 17.7 Å². The zero-order valence-electron chi connectivity index (χ0n) is 14.8. The molecule has 0 unspecified atom stereocenters. The summed E-state index contributed by atoms with van der Waals surface area (Å²) in [5, 5.41) is 6.20. The largest absolute Gasteiger partial charge is 0.496 e. The molecule has 1 aromatic heterocycles. The summed E-state index contributed by atoms with van der Waals surface area (Å²) in [7, 11) is 1.65. The Morgan fingerprint density at radius 1 is 1.08 bits per heavy atom. The van der Waals surface area contributed by atoms with Crippen LogP contribution in [-0.2, 0) is 6.54 Å². The molecule has 26 heavy (non-hydrogen) atoms. The SMILES string of the molecule is COc1ccccc1CNc1ccnc(C(=O)Nc2ccccc2C)c1. The summed E-state index contributed by atoms with van der Waals surface area (Å²) in [5.41, 5.74) is 4.01. The number of benzene rings is 2. The molecule has 0 atom stereocenters. The van der Waals surface area contributed by atoms with E-state index in [1.54, 1.807) is 19.4 Å². The molecule has 0 aliphatic heterocycles. The average molecular weight is 347 g/mol. The summed E-state index contributed by atoms with van der Waals surface area (Å²) in [5.74, 6) is 0.590. The first-order chi connectivity index (χ1) is 12.7. The number of aryl methyl sites for hydroxylation is 1. The second-order valence-corrected chi connectivity index (χ2v) is 5.86. The van der Waals surface area contributed by atoms with Gasteiger partial charge in [-0.1, -0.05) is 36.4 Å². The highest BCUT2D eigenvalue weighted by molar-refractivity contribution is 6.03. The highest BCUT2D eigenvalue weighted by Gasteiger charge is 2.10. The normalized spacial score (nSPS) is 10.2. The predicted molar refractivity (Wildman–Crippen MR) is 104 cm³/mol. The molecule has 0 spiro atoms. The summed E-state index contributed by atoms with van der Waals surface area (Å²) < 4.78 is 5.36. The number of carbonyl (C=O) groups excluding carboxylic acids is 1. The molecule has 3 rings (SSSR count). The van der Waals surface area contributed by atoms with E-state index in [4.69, 9.17) is 4.74 Å². The molecule has 5 nitrogen and oxygen atoms in total. The van der Waals surface area contributed by atoms with Crippen molar-refractivity contribution < 1.29 is 9.53 Å². The van der Waals surface area contributed by atoms with Crippen LogP contribution in [0.3, 0.4) is 0 Å². The van der Waals surface area contributed by atoms with E-state index >= 15 is 0 Å². The Labute approximate surface area is 153 Å². The van der Waals surface area contributed by atoms with E-state index in [1.165, 1.54) is 0 Å². The van der Waals surface area contributed by atoms with Crippen molar-refractivity contribution in [3.8, 4) is 5.75 Å². The Hall–Kier alpha value is -3.34. The van der Waals surface area contributed by atoms with Gasteiger partial charge >= 0.3 is 0 Å². The van der Waals surface area contributed by atoms with E-state index < -0.39 is 0 Å². The standard InChI is InChI=1S/C21H21N3O2/c1-15-7-3-5-9-18(15)24-21(25)19-13-17(11-12-22-19)23-14-16-8-4-6-10-20(16)26-2/h3-13H,14H2,1-2H3,(H,22,23)(H,24,25). The Morgan fingerprint density at radius 2 is 1.85 bits per heavy atom. The van der Waals surface area contributed by atoms with Crippen molar-refractivity contribution in [3.05, 3.63) is 83.7 Å². The Bertz CT molecular complexity index is 909. The van der Waals surface area contributed by atoms with Crippen molar-refractivity contribution in [3.63, 3.8) is 0 Å². The number of para-hydroxylation sites is 2. The van der Waals surface area contributed by atoms with Gasteiger partial charge in [0, 0.05) is 29.7 Å². The van der Waals surface area contributed by atoms with Crippen LogP contribution in [0.4, 0.5) is 11.4 Å². The molecular formula is C21H21N3O2. The fourth-order valence-corrected chi connectivity index (χ4v) is 2.61. The predicted octanol–water partition coefficient (Wildman–Crippen LogP) is 4.26. The van der Waals surface area contributed by atoms with E-state index in [1.807, 2.05) is 61.5 Å². The molecule has 0 bridgehead atoms. The van der Waals surface area contributed by atoms with Crippen LogP contribution < -0.4 is 15.4 Å². The first-order valence-corrected chi connectivity index (χ1v) is 8.36. The van der Waals surface area contributed by atoms with Gasteiger partial charge in [0.05, 0.1) is 7.11 Å². The van der Waals surface area contributed by atoms with Crippen molar-refractivity contribution in [2.45, 2.75) is 13.5 Å². The summed E-state index contributed by atoms with van der Waals surface area (Å²) in [4.78, 5) is 16.6. The number of hydrogen-bond donors (Lipinski definition) is 2. The van der Waals surface area contributed by atoms with Crippen LogP contribution in [0.15, 0.2) is 66.9 Å². The quantitative estimate of drug-likeness (QED) is 0.699. The molecule has 1 amide bonds. The minimum absolute atomic E-state index is 0.236. The number of aromatic nitrogens is 1. The summed E-state index contributed by atoms with van der Waals surface area (Å²) in [6.07, 6.45) is 1.62. The van der Waals surface area contributed by atoms with Crippen molar-refractivity contribution in [1.29, 1.82) is 0 Å². The number of pyridine rings is 1. The number of carbonyl (C=O) groups is 1. The molecular weight excluding hydrogens is 326 g/mol. The van der Waals surface area contributed by atoms with E-state index in [9.17, 15) is 4.79 Å². The van der Waals surface area contributed by atoms with Crippen LogP contribution in [0, 0.1) is 6.92 Å². The van der Waals surface area contributed by atoms with Gasteiger partial charge < -0.3 is 15.4 Å². The summed E-state index contributed by atoms with van der Waals surface area (Å²) in [6.45, 7) is 2.54. The lowest BCUT2D eigenvalue weighted by molar-refractivity contribution is 0.102. The van der Waals surface area contributed by atoms with Crippen LogP contribution in [0.5, 0.6) is 5.75 Å². The van der Waals surface area contributed by atoms with Gasteiger partial charge in [0.25, 0.3) is 5.91 Å². The van der Waals surface area contributed by atoms with Crippen LogP contribution in [-0.4, -0.2) is 18.0 Å². The Balaban J connectivity index is 1.70. The number of methoxy groups -OCH3 is 1. The molecule has 0 aliphatic carbocycles. The maximum absolute atomic E-state index is 12.5. The Morgan fingerprint density at radius 3 is 2.65 bits per heavy atom. The number of anilines is 2. The summed E-state index contributed by atoms with van der Waals surface area (Å²) >= 11 is 0. The molecule has 0 fully saturated rings. The highest BCUT2D eigenvalue weighted by Crippen LogP contribution is 2.20. The van der Waals surface area contributed by atoms with Crippen LogP contribution in [0.1, 0.15) is 21.6 Å². The minimum Gasteiger partial charge on any atom is -0.496 e. The van der Waals surface area contributed by atoms with E-state index in [0.717, 1.165) is 28.3 Å². The third kappa shape index (κ3) is 4.19. The molecule has 2 aromatic carbocycles. The Kier molecular flexibility index (Phi) is 5.49. The second-order valence-electron chi connectivity index (χ2n) is 5.86. The van der Waals surface area contributed by atoms with E-state index in [2.05, 4.69) is 15.6 Å². The number of hydrogen-bond acceptors (Lipinski definition) is 4. The number of ether oxygens (including phenoxy) is 1. The lowest BCUT2D eigenvalue weighted by Gasteiger charge is -2.11. The van der Waals surface area contributed by atoms with Gasteiger partial charge in [0.1, 0.15) is 11.4 Å². The molecule has 1 heterocycles. The van der Waals surface area contributed by atoms with Gasteiger partial charge in [-0.05, 0) is 36.8 Å². The molecule has 0 radical (unpaired) electrons. The number of nitrogens with one attached hydrogen (secondary N) is 2. The molecule has 2 N–H and O–H groups in total. The molecule has 0 saturated heterocycles. The van der Waals surface area contributed by atoms with Gasteiger partial charge in [-0.15, -0.1) is 0 Å². The van der Waals surface area contributed by atoms with Crippen molar-refractivity contribution in [1.82, 2.24) is 4.98 Å². The monoisotopic (exact) mass is 347 g/mol. The lowest BCUT2D eigenvalue weighted by atomic mass is 10.2. The average Bonchev–Trinajstić information content (AvgIpc) is 2.68. The maximum atomic E-state index is 12.5. The molecule has 5 heteroatoms. The molecule has 0 aliphatic rings. The van der Waals surface area contributed by atoms with E-state index in [-0.39, 0.29) is 5.91 Å². The van der Waals surface area contributed by atoms with Gasteiger partial charge in [0.15, 0.2) is 0 Å². The smallest absolute Gasteiger partial charge is 0.274 e. The van der Waals surface area contributed by atoms with Crippen LogP contribution in [0.2, 0.25) is 0 Å². The maximum Gasteiger partial charge on any atom is 0.274 e. The van der Waals surface area contributed by atoms with Crippen LogP contribution >= 0.6 is 0 Å². The fourth-order valence-electron chi connectivity index (χ4n) is 2.61. The van der Waals surface area contributed by atoms with Crippen LogP contribution in [0.25, 0.3) is 0 Å². The van der Waals surface area contributed by atoms with Crippen molar-refractivity contribution >= 4 is 17.3 Å². The summed E-state index contributed by atoms with van der Waals surface area (Å²) in [6, 6.07) is 19.0. The molecule has 0 saturated carbocycles. The van der Waals surface area contributed by atoms with Crippen molar-refractivity contribution in [2.24, 2.45) is 0 Å². The topological polar surface area (TPSA) is 63.2 Å². The zero-order chi connectivity index (χ0) is 18.4. The lowest BCUT2D eigenvalue weighted by Crippen LogP contribution is -2.14. The third-order valence-electron chi connectivity index (χ3n) is 4.06. The minimum atomic E-state index is -0.236. The van der Waals surface area contributed by atoms with Gasteiger partial charge in [-0.3, -0.25) is 9.78 Å². The van der Waals surface area contributed by atoms with Gasteiger partial charge in [-0.2, -0.15) is 0 Å². The number of rotatable bonds is 6. The number of nitrogens with zero attached hydrogens (tertiary/aromatic N) is 1.